The van der Waals surface area contributed by atoms with Crippen LogP contribution in [0.4, 0.5) is 45.5 Å². The highest BCUT2D eigenvalue weighted by molar-refractivity contribution is 7.00. The van der Waals surface area contributed by atoms with E-state index in [1.807, 2.05) is 0 Å². The molecule has 4 nitrogen and oxygen atoms in total. The quantitative estimate of drug-likeness (QED) is 0.164. The van der Waals surface area contributed by atoms with Crippen LogP contribution in [0.3, 0.4) is 0 Å². The molecule has 2 unspecified atom stereocenters. The Morgan fingerprint density at radius 1 is 0.486 bits per heavy atom. The van der Waals surface area contributed by atoms with Crippen molar-refractivity contribution in [3.8, 4) is 11.1 Å². The summed E-state index contributed by atoms with van der Waals surface area (Å²) in [5.41, 5.74) is 24.6. The Bertz CT molecular complexity index is 3770. The van der Waals surface area contributed by atoms with Crippen molar-refractivity contribution in [1.29, 1.82) is 0 Å². The summed E-state index contributed by atoms with van der Waals surface area (Å²) in [5.74, 6) is 0. The molecule has 8 aromatic carbocycles. The monoisotopic (exact) mass is 968 g/mol. The van der Waals surface area contributed by atoms with E-state index < -0.39 is 0 Å². The fourth-order valence-electron chi connectivity index (χ4n) is 13.8. The molecule has 3 aliphatic heterocycles. The Labute approximate surface area is 440 Å². The van der Waals surface area contributed by atoms with E-state index in [4.69, 9.17) is 4.42 Å². The Balaban J connectivity index is 1.12. The van der Waals surface area contributed by atoms with Gasteiger partial charge in [0.1, 0.15) is 11.2 Å². The van der Waals surface area contributed by atoms with Gasteiger partial charge in [0.2, 0.25) is 0 Å². The van der Waals surface area contributed by atoms with E-state index in [1.54, 1.807) is 0 Å². The number of benzene rings is 8. The van der Waals surface area contributed by atoms with Crippen LogP contribution in [-0.4, -0.2) is 12.3 Å². The third-order valence-electron chi connectivity index (χ3n) is 18.1. The van der Waals surface area contributed by atoms with Crippen molar-refractivity contribution in [3.05, 3.63) is 186 Å². The lowest BCUT2D eigenvalue weighted by atomic mass is 9.33. The normalized spacial score (nSPS) is 19.1. The van der Waals surface area contributed by atoms with Crippen molar-refractivity contribution in [1.82, 2.24) is 0 Å². The largest absolute Gasteiger partial charge is 0.456 e. The molecule has 74 heavy (non-hydrogen) atoms. The molecule has 1 fully saturated rings. The van der Waals surface area contributed by atoms with Crippen LogP contribution >= 0.6 is 0 Å². The lowest BCUT2D eigenvalue weighted by Gasteiger charge is -2.50. The lowest BCUT2D eigenvalue weighted by Crippen LogP contribution is -2.61. The second-order valence-corrected chi connectivity index (χ2v) is 25.8. The molecule has 370 valence electrons. The van der Waals surface area contributed by atoms with Gasteiger partial charge in [-0.3, -0.25) is 0 Å². The minimum Gasteiger partial charge on any atom is -0.456 e. The third kappa shape index (κ3) is 6.80. The zero-order valence-electron chi connectivity index (χ0n) is 45.7. The van der Waals surface area contributed by atoms with Crippen LogP contribution in [0.5, 0.6) is 0 Å². The summed E-state index contributed by atoms with van der Waals surface area (Å²) in [6.07, 6.45) is 4.79. The SMILES string of the molecule is Cc1cc2c3c(c1)N(c1cccc4oc5ccccc5c14)c1cc(N4c5ccc(C(C)(C)C)cc5C5(C)CCCCC45C)ccc1B3c1ccc(C(C)(C)C)cc1N2c1ccc(C(C)(C)C)cc1-c1ccccc1. The highest BCUT2D eigenvalue weighted by atomic mass is 16.3. The van der Waals surface area contributed by atoms with Gasteiger partial charge in [-0.15, -0.1) is 0 Å². The van der Waals surface area contributed by atoms with Crippen LogP contribution in [-0.2, 0) is 21.7 Å². The first-order valence-electron chi connectivity index (χ1n) is 27.3. The maximum Gasteiger partial charge on any atom is 0.252 e. The Hall–Kier alpha value is -6.98. The van der Waals surface area contributed by atoms with Gasteiger partial charge in [-0.05, 0) is 159 Å². The molecule has 4 aliphatic rings. The maximum atomic E-state index is 6.73. The van der Waals surface area contributed by atoms with Gasteiger partial charge >= 0.3 is 0 Å². The highest BCUT2D eigenvalue weighted by Gasteiger charge is 2.58. The molecular formula is C69H70BN3O. The molecule has 13 rings (SSSR count). The first-order valence-corrected chi connectivity index (χ1v) is 27.3. The molecule has 0 N–H and O–H groups in total. The van der Waals surface area contributed by atoms with Crippen LogP contribution in [0.15, 0.2) is 162 Å². The van der Waals surface area contributed by atoms with Crippen LogP contribution in [0.1, 0.15) is 130 Å². The molecule has 0 radical (unpaired) electrons. The van der Waals surface area contributed by atoms with Crippen molar-refractivity contribution in [3.63, 3.8) is 0 Å². The van der Waals surface area contributed by atoms with Crippen molar-refractivity contribution < 1.29 is 4.42 Å². The molecule has 4 heterocycles. The number of para-hydroxylation sites is 1. The Morgan fingerprint density at radius 3 is 1.78 bits per heavy atom. The molecular weight excluding hydrogens is 898 g/mol. The average Bonchev–Trinajstić information content (AvgIpc) is 3.90. The molecule has 0 amide bonds. The summed E-state index contributed by atoms with van der Waals surface area (Å²) >= 11 is 0. The van der Waals surface area contributed by atoms with Gasteiger partial charge in [-0.2, -0.15) is 0 Å². The predicted octanol–water partition coefficient (Wildman–Crippen LogP) is 17.3. The fraction of sp³-hybridized carbons (Fsp3) is 0.304. The number of nitrogens with zero attached hydrogens (tertiary/aromatic N) is 3. The minimum absolute atomic E-state index is 0.00241. The van der Waals surface area contributed by atoms with E-state index >= 15 is 0 Å². The molecule has 5 heteroatoms. The predicted molar refractivity (Wildman–Crippen MR) is 317 cm³/mol. The molecule has 0 spiro atoms. The zero-order chi connectivity index (χ0) is 51.4. The molecule has 1 aliphatic carbocycles. The summed E-state index contributed by atoms with van der Waals surface area (Å²) in [5, 5.41) is 2.26. The van der Waals surface area contributed by atoms with E-state index in [0.717, 1.165) is 34.0 Å². The number of rotatable bonds is 4. The van der Waals surface area contributed by atoms with Gasteiger partial charge in [0.15, 0.2) is 0 Å². The topological polar surface area (TPSA) is 22.9 Å². The molecule has 0 saturated heterocycles. The molecule has 0 bridgehead atoms. The summed E-state index contributed by atoms with van der Waals surface area (Å²) in [6, 6.07) is 60.8. The van der Waals surface area contributed by atoms with E-state index in [-0.39, 0.29) is 33.9 Å². The number of furan rings is 1. The van der Waals surface area contributed by atoms with Gasteiger partial charge in [-0.1, -0.05) is 173 Å². The van der Waals surface area contributed by atoms with Crippen molar-refractivity contribution in [2.75, 3.05) is 14.7 Å². The molecule has 1 saturated carbocycles. The van der Waals surface area contributed by atoms with Gasteiger partial charge in [0, 0.05) is 50.5 Å². The van der Waals surface area contributed by atoms with Crippen molar-refractivity contribution in [2.24, 2.45) is 0 Å². The van der Waals surface area contributed by atoms with Gasteiger partial charge in [0.25, 0.3) is 6.71 Å². The van der Waals surface area contributed by atoms with Crippen LogP contribution in [0, 0.1) is 6.92 Å². The molecule has 2 atom stereocenters. The van der Waals surface area contributed by atoms with Gasteiger partial charge < -0.3 is 19.1 Å². The Kier molecular flexibility index (Phi) is 10.1. The van der Waals surface area contributed by atoms with Crippen LogP contribution in [0.25, 0.3) is 33.1 Å². The van der Waals surface area contributed by atoms with Gasteiger partial charge in [0.05, 0.1) is 22.3 Å². The van der Waals surface area contributed by atoms with Gasteiger partial charge in [-0.25, -0.2) is 0 Å². The maximum absolute atomic E-state index is 6.73. The zero-order valence-corrected chi connectivity index (χ0v) is 45.7. The second kappa shape index (κ2) is 16.0. The first kappa shape index (κ1) is 46.8. The summed E-state index contributed by atoms with van der Waals surface area (Å²) < 4.78 is 6.73. The minimum atomic E-state index is -0.111. The smallest absolute Gasteiger partial charge is 0.252 e. The second-order valence-electron chi connectivity index (χ2n) is 25.8. The van der Waals surface area contributed by atoms with Crippen LogP contribution < -0.4 is 31.1 Å². The third-order valence-corrected chi connectivity index (χ3v) is 18.1. The summed E-state index contributed by atoms with van der Waals surface area (Å²) in [4.78, 5) is 8.03. The standard InChI is InChI=1S/C69H70BN3O/c1-43-37-59-64-60(38-43)72(56-24-20-26-62-63(56)49-23-16-17-25-61(49)74-62)58-42-48(73-55-34-29-46(66(5,6)7)40-51(55)68(11)35-18-19-36-69(68,73)12)30-32-53(58)70(64)52-31-27-47(67(8,9)10)41-57(52)71(59)54-33-28-45(65(2,3)4)39-50(54)44-21-14-13-15-22-44/h13-17,20-34,37-42H,18-19,35-36H2,1-12H3. The summed E-state index contributed by atoms with van der Waals surface area (Å²) in [6.45, 7) is 28.5. The first-order chi connectivity index (χ1) is 35.2. The average molecular weight is 968 g/mol. The number of anilines is 8. The summed E-state index contributed by atoms with van der Waals surface area (Å²) in [7, 11) is 0. The number of hydrogen-bond donors (Lipinski definition) is 0. The number of aryl methyl sites for hydroxylation is 1. The number of fused-ring (bicyclic) bond motifs is 10. The van der Waals surface area contributed by atoms with Crippen LogP contribution in [0.2, 0.25) is 0 Å². The molecule has 1 aromatic heterocycles. The van der Waals surface area contributed by atoms with E-state index in [2.05, 4.69) is 256 Å². The molecule has 9 aromatic rings. The van der Waals surface area contributed by atoms with E-state index in [1.165, 1.54) is 114 Å². The van der Waals surface area contributed by atoms with E-state index in [0.29, 0.717) is 0 Å². The number of hydrogen-bond acceptors (Lipinski definition) is 4. The highest BCUT2D eigenvalue weighted by Crippen LogP contribution is 2.62. The van der Waals surface area contributed by atoms with E-state index in [9.17, 15) is 0 Å². The van der Waals surface area contributed by atoms with Crippen molar-refractivity contribution >= 4 is 90.5 Å². The fourth-order valence-corrected chi connectivity index (χ4v) is 13.8. The Morgan fingerprint density at radius 2 is 1.07 bits per heavy atom. The van der Waals surface area contributed by atoms with Crippen molar-refractivity contribution in [2.45, 2.75) is 136 Å². The lowest BCUT2D eigenvalue weighted by molar-refractivity contribution is 0.195.